The monoisotopic (exact) mass is 272 g/mol. The maximum Gasteiger partial charge on any atom is 0.271 e. The van der Waals surface area contributed by atoms with Crippen LogP contribution in [-0.4, -0.2) is 23.5 Å². The molecule has 0 aliphatic heterocycles. The number of rotatable bonds is 5. The van der Waals surface area contributed by atoms with E-state index in [0.29, 0.717) is 0 Å². The normalized spacial score (nSPS) is 10.4. The molecule has 0 saturated heterocycles. The fourth-order valence-corrected chi connectivity index (χ4v) is 1.32. The number of non-ortho nitro benzene ring substituents is 1. The van der Waals surface area contributed by atoms with Crippen LogP contribution in [0.1, 0.15) is 13.8 Å². The lowest BCUT2D eigenvalue weighted by molar-refractivity contribution is -0.384. The van der Waals surface area contributed by atoms with Gasteiger partial charge in [0.25, 0.3) is 5.69 Å². The van der Waals surface area contributed by atoms with Crippen molar-refractivity contribution in [3.8, 4) is 0 Å². The zero-order valence-corrected chi connectivity index (χ0v) is 10.7. The van der Waals surface area contributed by atoms with Crippen LogP contribution in [0.25, 0.3) is 0 Å². The number of benzene rings is 1. The van der Waals surface area contributed by atoms with Gasteiger partial charge < -0.3 is 10.1 Å². The average molecular weight is 273 g/mol. The minimum atomic E-state index is -0.559. The Morgan fingerprint density at radius 1 is 1.56 bits per heavy atom. The molecule has 1 N–H and O–H groups in total. The van der Waals surface area contributed by atoms with E-state index in [0.717, 1.165) is 0 Å². The van der Waals surface area contributed by atoms with Gasteiger partial charge in [0, 0.05) is 12.1 Å². The average Bonchev–Trinajstić information content (AvgIpc) is 2.29. The molecule has 98 valence electrons. The number of nitrogens with zero attached hydrogens (tertiary/aromatic N) is 1. The van der Waals surface area contributed by atoms with Gasteiger partial charge in [0.05, 0.1) is 21.7 Å². The molecule has 0 atom stereocenters. The third kappa shape index (κ3) is 4.31. The Labute approximate surface area is 109 Å². The minimum absolute atomic E-state index is 0.0728. The second-order valence-corrected chi connectivity index (χ2v) is 4.24. The number of hydrogen-bond donors (Lipinski definition) is 1. The van der Waals surface area contributed by atoms with Crippen LogP contribution in [-0.2, 0) is 9.53 Å². The van der Waals surface area contributed by atoms with Gasteiger partial charge in [-0.15, -0.1) is 0 Å². The highest BCUT2D eigenvalue weighted by atomic mass is 35.5. The molecule has 0 heterocycles. The van der Waals surface area contributed by atoms with Crippen molar-refractivity contribution in [1.82, 2.24) is 0 Å². The van der Waals surface area contributed by atoms with Crippen LogP contribution in [0.5, 0.6) is 0 Å². The molecule has 6 nitrogen and oxygen atoms in total. The Kier molecular flexibility index (Phi) is 5.06. The summed E-state index contributed by atoms with van der Waals surface area (Å²) < 4.78 is 5.10. The number of nitro benzene ring substituents is 1. The van der Waals surface area contributed by atoms with E-state index in [4.69, 9.17) is 16.3 Å². The summed E-state index contributed by atoms with van der Waals surface area (Å²) in [5.74, 6) is -0.411. The maximum atomic E-state index is 11.5. The second-order valence-electron chi connectivity index (χ2n) is 3.83. The summed E-state index contributed by atoms with van der Waals surface area (Å²) >= 11 is 5.83. The van der Waals surface area contributed by atoms with Crippen molar-refractivity contribution in [2.45, 2.75) is 20.0 Å². The topological polar surface area (TPSA) is 81.5 Å². The Morgan fingerprint density at radius 2 is 2.22 bits per heavy atom. The summed E-state index contributed by atoms with van der Waals surface area (Å²) in [4.78, 5) is 21.5. The molecule has 7 heteroatoms. The zero-order chi connectivity index (χ0) is 13.7. The van der Waals surface area contributed by atoms with E-state index < -0.39 is 10.8 Å². The summed E-state index contributed by atoms with van der Waals surface area (Å²) in [6.07, 6.45) is -0.0728. The molecule has 0 saturated carbocycles. The van der Waals surface area contributed by atoms with Gasteiger partial charge in [-0.3, -0.25) is 14.9 Å². The first-order valence-electron chi connectivity index (χ1n) is 5.25. The number of amides is 1. The summed E-state index contributed by atoms with van der Waals surface area (Å²) in [7, 11) is 0. The highest BCUT2D eigenvalue weighted by molar-refractivity contribution is 6.33. The van der Waals surface area contributed by atoms with Crippen molar-refractivity contribution in [3.63, 3.8) is 0 Å². The number of carbonyl (C=O) groups is 1. The fourth-order valence-electron chi connectivity index (χ4n) is 1.15. The van der Waals surface area contributed by atoms with E-state index in [1.807, 2.05) is 0 Å². The molecule has 0 aliphatic carbocycles. The lowest BCUT2D eigenvalue weighted by Crippen LogP contribution is -2.20. The van der Waals surface area contributed by atoms with Gasteiger partial charge in [-0.25, -0.2) is 0 Å². The van der Waals surface area contributed by atoms with Crippen molar-refractivity contribution in [2.24, 2.45) is 0 Å². The van der Waals surface area contributed by atoms with Crippen molar-refractivity contribution in [1.29, 1.82) is 0 Å². The first kappa shape index (κ1) is 14.4. The molecule has 0 fully saturated rings. The van der Waals surface area contributed by atoms with Gasteiger partial charge in [-0.05, 0) is 19.9 Å². The Hall–Kier alpha value is -1.66. The number of halogens is 1. The minimum Gasteiger partial charge on any atom is -0.369 e. The number of nitrogens with one attached hydrogen (secondary N) is 1. The quantitative estimate of drug-likeness (QED) is 0.660. The van der Waals surface area contributed by atoms with E-state index in [9.17, 15) is 14.9 Å². The summed E-state index contributed by atoms with van der Waals surface area (Å²) in [6.45, 7) is 3.47. The zero-order valence-electron chi connectivity index (χ0n) is 9.97. The molecule has 0 unspecified atom stereocenters. The van der Waals surface area contributed by atoms with Crippen LogP contribution >= 0.6 is 11.6 Å². The van der Waals surface area contributed by atoms with Gasteiger partial charge in [-0.1, -0.05) is 11.6 Å². The third-order valence-corrected chi connectivity index (χ3v) is 2.31. The van der Waals surface area contributed by atoms with Gasteiger partial charge in [0.15, 0.2) is 0 Å². The second kappa shape index (κ2) is 6.32. The SMILES string of the molecule is CC(C)OCC(=O)Nc1cc([N+](=O)[O-])ccc1Cl. The highest BCUT2D eigenvalue weighted by Gasteiger charge is 2.12. The summed E-state index contributed by atoms with van der Waals surface area (Å²) in [5, 5.41) is 13.3. The lowest BCUT2D eigenvalue weighted by atomic mass is 10.3. The fraction of sp³-hybridized carbons (Fsp3) is 0.364. The number of nitro groups is 1. The van der Waals surface area contributed by atoms with Crippen molar-refractivity contribution in [2.75, 3.05) is 11.9 Å². The smallest absolute Gasteiger partial charge is 0.271 e. The van der Waals surface area contributed by atoms with Crippen LogP contribution in [0.4, 0.5) is 11.4 Å². The van der Waals surface area contributed by atoms with E-state index in [1.165, 1.54) is 18.2 Å². The van der Waals surface area contributed by atoms with Gasteiger partial charge >= 0.3 is 0 Å². The molecule has 0 spiro atoms. The number of carbonyl (C=O) groups excluding carboxylic acids is 1. The summed E-state index contributed by atoms with van der Waals surface area (Å²) in [5.41, 5.74) is 0.0581. The van der Waals surface area contributed by atoms with Crippen molar-refractivity contribution < 1.29 is 14.5 Å². The molecular formula is C11H13ClN2O4. The molecule has 1 rings (SSSR count). The Bertz CT molecular complexity index is 462. The van der Waals surface area contributed by atoms with Crippen molar-refractivity contribution >= 4 is 28.9 Å². The van der Waals surface area contributed by atoms with Crippen LogP contribution < -0.4 is 5.32 Å². The van der Waals surface area contributed by atoms with Crippen LogP contribution in [0, 0.1) is 10.1 Å². The van der Waals surface area contributed by atoms with Crippen LogP contribution in [0.15, 0.2) is 18.2 Å². The largest absolute Gasteiger partial charge is 0.369 e. The van der Waals surface area contributed by atoms with Gasteiger partial charge in [0.1, 0.15) is 6.61 Å². The molecule has 1 aromatic carbocycles. The first-order valence-corrected chi connectivity index (χ1v) is 5.63. The maximum absolute atomic E-state index is 11.5. The Morgan fingerprint density at radius 3 is 2.78 bits per heavy atom. The van der Waals surface area contributed by atoms with Gasteiger partial charge in [0.2, 0.25) is 5.91 Å². The Balaban J connectivity index is 2.74. The molecule has 1 aromatic rings. The summed E-state index contributed by atoms with van der Waals surface area (Å²) in [6, 6.07) is 3.83. The standard InChI is InChI=1S/C11H13ClN2O4/c1-7(2)18-6-11(15)13-10-5-8(14(16)17)3-4-9(10)12/h3-5,7H,6H2,1-2H3,(H,13,15). The van der Waals surface area contributed by atoms with E-state index in [2.05, 4.69) is 5.32 Å². The molecule has 18 heavy (non-hydrogen) atoms. The molecule has 0 aliphatic rings. The number of hydrogen-bond acceptors (Lipinski definition) is 4. The van der Waals surface area contributed by atoms with Crippen molar-refractivity contribution in [3.05, 3.63) is 33.3 Å². The van der Waals surface area contributed by atoms with E-state index >= 15 is 0 Å². The number of anilines is 1. The number of ether oxygens (including phenoxy) is 1. The molecule has 1 amide bonds. The van der Waals surface area contributed by atoms with Gasteiger partial charge in [-0.2, -0.15) is 0 Å². The highest BCUT2D eigenvalue weighted by Crippen LogP contribution is 2.26. The predicted octanol–water partition coefficient (Wildman–Crippen LogP) is 2.61. The molecular weight excluding hydrogens is 260 g/mol. The molecule has 0 radical (unpaired) electrons. The van der Waals surface area contributed by atoms with Crippen LogP contribution in [0.3, 0.4) is 0 Å². The third-order valence-electron chi connectivity index (χ3n) is 1.98. The van der Waals surface area contributed by atoms with E-state index in [1.54, 1.807) is 13.8 Å². The first-order chi connectivity index (χ1) is 8.40. The molecule has 0 aromatic heterocycles. The van der Waals surface area contributed by atoms with Crippen LogP contribution in [0.2, 0.25) is 5.02 Å². The van der Waals surface area contributed by atoms with E-state index in [-0.39, 0.29) is 29.1 Å². The predicted molar refractivity (Wildman–Crippen MR) is 67.8 cm³/mol. The lowest BCUT2D eigenvalue weighted by Gasteiger charge is -2.09. The molecule has 0 bridgehead atoms.